The lowest BCUT2D eigenvalue weighted by Crippen LogP contribution is -2.39. The van der Waals surface area contributed by atoms with Gasteiger partial charge in [0.2, 0.25) is 0 Å². The van der Waals surface area contributed by atoms with E-state index in [1.165, 1.54) is 25.8 Å². The smallest absolute Gasteiger partial charge is 0.163 e. The summed E-state index contributed by atoms with van der Waals surface area (Å²) in [4.78, 5) is 13.9. The number of carbonyl (C=O) groups excluding carboxylic acids is 1. The molecule has 2 heterocycles. The molecular weight excluding hydrogens is 190 g/mol. The number of piperidine rings is 1. The third-order valence-electron chi connectivity index (χ3n) is 3.72. The van der Waals surface area contributed by atoms with Gasteiger partial charge in [0.15, 0.2) is 5.78 Å². The van der Waals surface area contributed by atoms with Gasteiger partial charge in [0.05, 0.1) is 6.61 Å². The molecule has 15 heavy (non-hydrogen) atoms. The van der Waals surface area contributed by atoms with Crippen molar-refractivity contribution in [1.29, 1.82) is 0 Å². The molecule has 0 N–H and O–H groups in total. The van der Waals surface area contributed by atoms with Crippen LogP contribution in [0.2, 0.25) is 0 Å². The number of Topliss-reactive ketones (excluding diaryl/α,β-unsaturated/α-hetero) is 1. The van der Waals surface area contributed by atoms with Crippen LogP contribution >= 0.6 is 0 Å². The van der Waals surface area contributed by atoms with Crippen LogP contribution in [-0.4, -0.2) is 43.0 Å². The average molecular weight is 211 g/mol. The lowest BCUT2D eigenvalue weighted by Gasteiger charge is -2.33. The van der Waals surface area contributed by atoms with Crippen molar-refractivity contribution in [2.75, 3.05) is 26.3 Å². The first-order valence-corrected chi connectivity index (χ1v) is 6.12. The van der Waals surface area contributed by atoms with E-state index >= 15 is 0 Å². The summed E-state index contributed by atoms with van der Waals surface area (Å²) in [6.45, 7) is 5.58. The molecule has 86 valence electrons. The molecule has 0 spiro atoms. The van der Waals surface area contributed by atoms with E-state index < -0.39 is 0 Å². The minimum Gasteiger partial charge on any atom is -0.373 e. The Labute approximate surface area is 91.8 Å². The van der Waals surface area contributed by atoms with Gasteiger partial charge in [0.1, 0.15) is 6.61 Å². The fourth-order valence-electron chi connectivity index (χ4n) is 2.57. The Balaban J connectivity index is 1.74. The molecule has 0 aliphatic carbocycles. The Bertz CT molecular complexity index is 230. The normalized spacial score (nSPS) is 33.5. The molecule has 2 fully saturated rings. The van der Waals surface area contributed by atoms with E-state index in [0.717, 1.165) is 13.0 Å². The van der Waals surface area contributed by atoms with Crippen LogP contribution in [0.5, 0.6) is 0 Å². The van der Waals surface area contributed by atoms with Crippen LogP contribution in [0.15, 0.2) is 0 Å². The SMILES string of the molecule is CC1CCCCN1CCC1COCC1=O. The lowest BCUT2D eigenvalue weighted by molar-refractivity contribution is -0.120. The Morgan fingerprint density at radius 1 is 1.47 bits per heavy atom. The number of hydrogen-bond acceptors (Lipinski definition) is 3. The summed E-state index contributed by atoms with van der Waals surface area (Å²) in [5, 5.41) is 0. The van der Waals surface area contributed by atoms with Crippen LogP contribution in [0.1, 0.15) is 32.6 Å². The van der Waals surface area contributed by atoms with Gasteiger partial charge in [0.25, 0.3) is 0 Å². The molecule has 2 aliphatic rings. The molecule has 0 aromatic heterocycles. The maximum absolute atomic E-state index is 11.4. The zero-order chi connectivity index (χ0) is 10.7. The van der Waals surface area contributed by atoms with E-state index in [1.54, 1.807) is 0 Å². The number of hydrogen-bond donors (Lipinski definition) is 0. The van der Waals surface area contributed by atoms with Crippen molar-refractivity contribution in [1.82, 2.24) is 4.90 Å². The van der Waals surface area contributed by atoms with Crippen LogP contribution < -0.4 is 0 Å². The molecule has 3 nitrogen and oxygen atoms in total. The predicted octanol–water partition coefficient (Wildman–Crippen LogP) is 1.47. The zero-order valence-corrected chi connectivity index (χ0v) is 9.58. The first kappa shape index (κ1) is 11.1. The van der Waals surface area contributed by atoms with Crippen molar-refractivity contribution in [2.24, 2.45) is 5.92 Å². The van der Waals surface area contributed by atoms with Gasteiger partial charge in [-0.1, -0.05) is 6.42 Å². The van der Waals surface area contributed by atoms with Gasteiger partial charge >= 0.3 is 0 Å². The van der Waals surface area contributed by atoms with Crippen molar-refractivity contribution < 1.29 is 9.53 Å². The Kier molecular flexibility index (Phi) is 3.76. The number of ether oxygens (including phenoxy) is 1. The van der Waals surface area contributed by atoms with Gasteiger partial charge in [-0.25, -0.2) is 0 Å². The molecule has 2 aliphatic heterocycles. The third kappa shape index (κ3) is 2.79. The van der Waals surface area contributed by atoms with Gasteiger partial charge in [-0.3, -0.25) is 4.79 Å². The quantitative estimate of drug-likeness (QED) is 0.708. The van der Waals surface area contributed by atoms with E-state index in [-0.39, 0.29) is 5.92 Å². The molecule has 0 radical (unpaired) electrons. The highest BCUT2D eigenvalue weighted by molar-refractivity contribution is 5.83. The molecule has 2 atom stereocenters. The molecule has 0 bridgehead atoms. The maximum Gasteiger partial charge on any atom is 0.163 e. The lowest BCUT2D eigenvalue weighted by atomic mass is 10.00. The minimum absolute atomic E-state index is 0.180. The summed E-state index contributed by atoms with van der Waals surface area (Å²) in [6, 6.07) is 0.705. The second-order valence-corrected chi connectivity index (χ2v) is 4.85. The highest BCUT2D eigenvalue weighted by atomic mass is 16.5. The summed E-state index contributed by atoms with van der Waals surface area (Å²) in [6.07, 6.45) is 4.99. The first-order valence-electron chi connectivity index (χ1n) is 6.12. The number of rotatable bonds is 3. The molecule has 0 saturated carbocycles. The van der Waals surface area contributed by atoms with Crippen LogP contribution in [-0.2, 0) is 9.53 Å². The van der Waals surface area contributed by atoms with Crippen molar-refractivity contribution in [2.45, 2.75) is 38.6 Å². The molecule has 3 heteroatoms. The van der Waals surface area contributed by atoms with E-state index in [2.05, 4.69) is 11.8 Å². The van der Waals surface area contributed by atoms with Crippen molar-refractivity contribution in [3.8, 4) is 0 Å². The largest absolute Gasteiger partial charge is 0.373 e. The molecule has 2 rings (SSSR count). The van der Waals surface area contributed by atoms with E-state index in [4.69, 9.17) is 4.74 Å². The van der Waals surface area contributed by atoms with Gasteiger partial charge in [-0.2, -0.15) is 0 Å². The monoisotopic (exact) mass is 211 g/mol. The Morgan fingerprint density at radius 3 is 3.00 bits per heavy atom. The summed E-state index contributed by atoms with van der Waals surface area (Å²) in [5.74, 6) is 0.485. The Morgan fingerprint density at radius 2 is 2.33 bits per heavy atom. The van der Waals surface area contributed by atoms with Crippen LogP contribution in [0, 0.1) is 5.92 Å². The van der Waals surface area contributed by atoms with E-state index in [9.17, 15) is 4.79 Å². The maximum atomic E-state index is 11.4. The predicted molar refractivity (Wildman–Crippen MR) is 58.8 cm³/mol. The third-order valence-corrected chi connectivity index (χ3v) is 3.72. The van der Waals surface area contributed by atoms with Gasteiger partial charge < -0.3 is 9.64 Å². The first-order chi connectivity index (χ1) is 7.27. The fraction of sp³-hybridized carbons (Fsp3) is 0.917. The van der Waals surface area contributed by atoms with Crippen LogP contribution in [0.3, 0.4) is 0 Å². The summed E-state index contributed by atoms with van der Waals surface area (Å²) in [7, 11) is 0. The number of nitrogens with zero attached hydrogens (tertiary/aromatic N) is 1. The second-order valence-electron chi connectivity index (χ2n) is 4.85. The van der Waals surface area contributed by atoms with Crippen molar-refractivity contribution in [3.05, 3.63) is 0 Å². The average Bonchev–Trinajstić information content (AvgIpc) is 2.63. The van der Waals surface area contributed by atoms with E-state index in [1.807, 2.05) is 0 Å². The fourth-order valence-corrected chi connectivity index (χ4v) is 2.57. The van der Waals surface area contributed by atoms with Gasteiger partial charge in [-0.15, -0.1) is 0 Å². The summed E-state index contributed by atoms with van der Waals surface area (Å²) < 4.78 is 5.17. The molecule has 2 unspecified atom stereocenters. The minimum atomic E-state index is 0.180. The highest BCUT2D eigenvalue weighted by Crippen LogP contribution is 2.19. The molecule has 2 saturated heterocycles. The highest BCUT2D eigenvalue weighted by Gasteiger charge is 2.26. The number of ketones is 1. The van der Waals surface area contributed by atoms with Crippen molar-refractivity contribution >= 4 is 5.78 Å². The summed E-state index contributed by atoms with van der Waals surface area (Å²) in [5.41, 5.74) is 0. The molecule has 0 aromatic rings. The Hall–Kier alpha value is -0.410. The summed E-state index contributed by atoms with van der Waals surface area (Å²) >= 11 is 0. The molecule has 0 aromatic carbocycles. The number of carbonyl (C=O) groups is 1. The van der Waals surface area contributed by atoms with Gasteiger partial charge in [-0.05, 0) is 39.3 Å². The molecular formula is C12H21NO2. The number of likely N-dealkylation sites (tertiary alicyclic amines) is 1. The van der Waals surface area contributed by atoms with Crippen molar-refractivity contribution in [3.63, 3.8) is 0 Å². The topological polar surface area (TPSA) is 29.5 Å². The van der Waals surface area contributed by atoms with Gasteiger partial charge in [0, 0.05) is 12.0 Å². The second kappa shape index (κ2) is 5.08. The van der Waals surface area contributed by atoms with E-state index in [0.29, 0.717) is 25.0 Å². The standard InChI is InChI=1S/C12H21NO2/c1-10-4-2-3-6-13(10)7-5-11-8-15-9-12(11)14/h10-11H,2-9H2,1H3. The van der Waals surface area contributed by atoms with Crippen LogP contribution in [0.25, 0.3) is 0 Å². The van der Waals surface area contributed by atoms with Crippen LogP contribution in [0.4, 0.5) is 0 Å². The molecule has 0 amide bonds. The zero-order valence-electron chi connectivity index (χ0n) is 9.58.